The van der Waals surface area contributed by atoms with E-state index in [9.17, 15) is 5.11 Å². The molecule has 1 atom stereocenters. The van der Waals surface area contributed by atoms with Crippen LogP contribution in [-0.4, -0.2) is 65.8 Å². The highest BCUT2D eigenvalue weighted by atomic mass is 16.5. The lowest BCUT2D eigenvalue weighted by atomic mass is 10.1. The normalized spacial score (nSPS) is 14.1. The van der Waals surface area contributed by atoms with Crippen molar-refractivity contribution >= 4 is 11.9 Å². The van der Waals surface area contributed by atoms with Crippen molar-refractivity contribution in [3.8, 4) is 5.75 Å². The number of ether oxygens (including phenoxy) is 2. The highest BCUT2D eigenvalue weighted by Crippen LogP contribution is 2.28. The van der Waals surface area contributed by atoms with Crippen LogP contribution in [0.25, 0.3) is 0 Å². The predicted octanol–water partition coefficient (Wildman–Crippen LogP) is 1.55. The van der Waals surface area contributed by atoms with Crippen LogP contribution in [-0.2, 0) is 20.7 Å². The van der Waals surface area contributed by atoms with Gasteiger partial charge in [-0.1, -0.05) is 26.0 Å². The van der Waals surface area contributed by atoms with E-state index in [1.54, 1.807) is 0 Å². The molecule has 0 saturated heterocycles. The predicted molar refractivity (Wildman–Crippen MR) is 104 cm³/mol. The van der Waals surface area contributed by atoms with E-state index in [0.29, 0.717) is 19.2 Å². The Kier molecular flexibility index (Phi) is 11.2. The van der Waals surface area contributed by atoms with Crippen molar-refractivity contribution in [2.45, 2.75) is 45.3 Å². The molecular weight excluding hydrogens is 366 g/mol. The largest absolute Gasteiger partial charge is 0.491 e. The van der Waals surface area contributed by atoms with Crippen LogP contribution in [0, 0.1) is 5.92 Å². The Morgan fingerprint density at radius 3 is 2.25 bits per heavy atom. The maximum atomic E-state index is 9.80. The summed E-state index contributed by atoms with van der Waals surface area (Å²) in [6, 6.07) is 8.41. The molecule has 4 N–H and O–H groups in total. The molecule has 0 radical (unpaired) electrons. The zero-order valence-corrected chi connectivity index (χ0v) is 16.5. The number of aliphatic hydroxyl groups excluding tert-OH is 1. The summed E-state index contributed by atoms with van der Waals surface area (Å²) in [7, 11) is 0. The number of hydrogen-bond acceptors (Lipinski definition) is 6. The molecule has 1 aromatic carbocycles. The Bertz CT molecular complexity index is 573. The zero-order chi connectivity index (χ0) is 20.9. The van der Waals surface area contributed by atoms with Gasteiger partial charge < -0.3 is 30.1 Å². The van der Waals surface area contributed by atoms with E-state index in [0.717, 1.165) is 31.3 Å². The first-order valence-electron chi connectivity index (χ1n) is 9.45. The average Bonchev–Trinajstić information content (AvgIpc) is 3.47. The van der Waals surface area contributed by atoms with Gasteiger partial charge in [-0.15, -0.1) is 0 Å². The smallest absolute Gasteiger partial charge is 0.414 e. The fraction of sp³-hybridized carbons (Fsp3) is 0.600. The summed E-state index contributed by atoms with van der Waals surface area (Å²) in [5, 5.41) is 27.8. The van der Waals surface area contributed by atoms with Crippen LogP contribution in [0.2, 0.25) is 0 Å². The van der Waals surface area contributed by atoms with Gasteiger partial charge in [0, 0.05) is 19.2 Å². The van der Waals surface area contributed by atoms with Gasteiger partial charge in [0.2, 0.25) is 0 Å². The Balaban J connectivity index is 0.000000568. The van der Waals surface area contributed by atoms with E-state index in [1.807, 2.05) is 12.1 Å². The molecule has 1 aromatic rings. The van der Waals surface area contributed by atoms with Gasteiger partial charge in [-0.05, 0) is 42.9 Å². The number of aliphatic hydroxyl groups is 1. The van der Waals surface area contributed by atoms with Gasteiger partial charge in [0.1, 0.15) is 18.5 Å². The summed E-state index contributed by atoms with van der Waals surface area (Å²) in [6.07, 6.45) is 3.13. The van der Waals surface area contributed by atoms with Gasteiger partial charge in [0.25, 0.3) is 0 Å². The molecule has 0 heterocycles. The summed E-state index contributed by atoms with van der Waals surface area (Å²) in [5.41, 5.74) is 1.25. The van der Waals surface area contributed by atoms with Gasteiger partial charge in [-0.25, -0.2) is 9.59 Å². The van der Waals surface area contributed by atoms with E-state index < -0.39 is 18.0 Å². The number of rotatable bonds is 11. The number of nitrogens with one attached hydrogen (secondary N) is 1. The van der Waals surface area contributed by atoms with Gasteiger partial charge in [0.15, 0.2) is 0 Å². The molecule has 158 valence electrons. The molecule has 0 aromatic heterocycles. The van der Waals surface area contributed by atoms with Crippen LogP contribution in [0.1, 0.15) is 32.3 Å². The van der Waals surface area contributed by atoms with E-state index in [4.69, 9.17) is 29.3 Å². The number of carbonyl (C=O) groups is 2. The Hall–Kier alpha value is -2.16. The van der Waals surface area contributed by atoms with Crippen LogP contribution >= 0.6 is 0 Å². The molecule has 0 bridgehead atoms. The first kappa shape index (κ1) is 23.9. The quantitative estimate of drug-likeness (QED) is 0.327. The van der Waals surface area contributed by atoms with Crippen molar-refractivity contribution in [1.82, 2.24) is 5.32 Å². The minimum absolute atomic E-state index is 0.309. The van der Waals surface area contributed by atoms with E-state index in [-0.39, 0.29) is 0 Å². The van der Waals surface area contributed by atoms with Crippen LogP contribution in [0.5, 0.6) is 5.75 Å². The van der Waals surface area contributed by atoms with Crippen LogP contribution in [0.3, 0.4) is 0 Å². The molecule has 0 aliphatic heterocycles. The SMILES string of the molecule is CC(C)NCC(O)COc1ccc(CCOCC2CC2)cc1.O=C(O)C(=O)O. The number of hydrogen-bond donors (Lipinski definition) is 4. The first-order chi connectivity index (χ1) is 13.3. The molecule has 28 heavy (non-hydrogen) atoms. The minimum atomic E-state index is -1.82. The highest BCUT2D eigenvalue weighted by molar-refractivity contribution is 6.27. The molecule has 1 aliphatic carbocycles. The van der Waals surface area contributed by atoms with Crippen molar-refractivity contribution in [2.24, 2.45) is 5.92 Å². The van der Waals surface area contributed by atoms with Crippen molar-refractivity contribution in [2.75, 3.05) is 26.4 Å². The van der Waals surface area contributed by atoms with Crippen molar-refractivity contribution in [1.29, 1.82) is 0 Å². The van der Waals surface area contributed by atoms with E-state index in [2.05, 4.69) is 31.3 Å². The summed E-state index contributed by atoms with van der Waals surface area (Å²) in [6.45, 7) is 6.68. The maximum Gasteiger partial charge on any atom is 0.414 e. The fourth-order valence-corrected chi connectivity index (χ4v) is 2.10. The lowest BCUT2D eigenvalue weighted by Gasteiger charge is -2.15. The topological polar surface area (TPSA) is 125 Å². The lowest BCUT2D eigenvalue weighted by Crippen LogP contribution is -2.35. The second kappa shape index (κ2) is 13.1. The Labute approximate surface area is 165 Å². The van der Waals surface area contributed by atoms with Gasteiger partial charge in [-0.3, -0.25) is 0 Å². The Morgan fingerprint density at radius 2 is 1.75 bits per heavy atom. The minimum Gasteiger partial charge on any atom is -0.491 e. The second-order valence-electron chi connectivity index (χ2n) is 7.05. The third kappa shape index (κ3) is 12.3. The summed E-state index contributed by atoms with van der Waals surface area (Å²) >= 11 is 0. The van der Waals surface area contributed by atoms with Gasteiger partial charge in [-0.2, -0.15) is 0 Å². The van der Waals surface area contributed by atoms with Crippen molar-refractivity contribution in [3.05, 3.63) is 29.8 Å². The maximum absolute atomic E-state index is 9.80. The first-order valence-corrected chi connectivity index (χ1v) is 9.45. The van der Waals surface area contributed by atoms with Gasteiger partial charge >= 0.3 is 11.9 Å². The van der Waals surface area contributed by atoms with Crippen LogP contribution in [0.4, 0.5) is 0 Å². The highest BCUT2D eigenvalue weighted by Gasteiger charge is 2.20. The van der Waals surface area contributed by atoms with E-state index in [1.165, 1.54) is 18.4 Å². The Morgan fingerprint density at radius 1 is 1.14 bits per heavy atom. The molecular formula is C20H31NO7. The number of carboxylic acid groups (broad SMARTS) is 2. The third-order valence-corrected chi connectivity index (χ3v) is 3.90. The standard InChI is InChI=1S/C18H29NO3.C2H2O4/c1-14(2)19-11-17(20)13-22-18-7-5-15(6-8-18)9-10-21-12-16-3-4-16;3-1(4)2(5)6/h5-8,14,16-17,19-20H,3-4,9-13H2,1-2H3;(H,3,4)(H,5,6). The van der Waals surface area contributed by atoms with Gasteiger partial charge in [0.05, 0.1) is 6.61 Å². The van der Waals surface area contributed by atoms with E-state index >= 15 is 0 Å². The lowest BCUT2D eigenvalue weighted by molar-refractivity contribution is -0.159. The monoisotopic (exact) mass is 397 g/mol. The fourth-order valence-electron chi connectivity index (χ4n) is 2.10. The summed E-state index contributed by atoms with van der Waals surface area (Å²) in [5.74, 6) is -2.02. The molecule has 1 fully saturated rings. The second-order valence-corrected chi connectivity index (χ2v) is 7.05. The summed E-state index contributed by atoms with van der Waals surface area (Å²) in [4.78, 5) is 18.2. The van der Waals surface area contributed by atoms with Crippen molar-refractivity contribution in [3.63, 3.8) is 0 Å². The molecule has 2 rings (SSSR count). The van der Waals surface area contributed by atoms with Crippen LogP contribution in [0.15, 0.2) is 24.3 Å². The zero-order valence-electron chi connectivity index (χ0n) is 16.5. The molecule has 0 spiro atoms. The molecule has 1 saturated carbocycles. The summed E-state index contributed by atoms with van der Waals surface area (Å²) < 4.78 is 11.2. The molecule has 1 aliphatic rings. The number of aliphatic carboxylic acids is 2. The molecule has 0 amide bonds. The molecule has 1 unspecified atom stereocenters. The number of carboxylic acids is 2. The number of benzene rings is 1. The van der Waals surface area contributed by atoms with Crippen molar-refractivity contribution < 1.29 is 34.4 Å². The molecule has 8 nitrogen and oxygen atoms in total. The third-order valence-electron chi connectivity index (χ3n) is 3.90. The molecule has 8 heteroatoms. The van der Waals surface area contributed by atoms with Crippen LogP contribution < -0.4 is 10.1 Å². The average molecular weight is 397 g/mol.